The molecular formula is C12H16O2. The number of carboxylic acid groups (broad SMARTS) is 1. The Bertz CT molecular complexity index is 316. The molecule has 0 heterocycles. The van der Waals surface area contributed by atoms with Gasteiger partial charge in [-0.1, -0.05) is 44.2 Å². The Morgan fingerprint density at radius 1 is 1.29 bits per heavy atom. The zero-order valence-corrected chi connectivity index (χ0v) is 8.82. The molecule has 0 aliphatic carbocycles. The van der Waals surface area contributed by atoms with Crippen LogP contribution in [0.5, 0.6) is 0 Å². The molecule has 0 fully saturated rings. The molecule has 0 radical (unpaired) electrons. The summed E-state index contributed by atoms with van der Waals surface area (Å²) in [6.07, 6.45) is 0. The van der Waals surface area contributed by atoms with E-state index in [0.717, 1.165) is 5.56 Å². The van der Waals surface area contributed by atoms with Crippen LogP contribution < -0.4 is 0 Å². The van der Waals surface area contributed by atoms with Gasteiger partial charge in [-0.15, -0.1) is 0 Å². The van der Waals surface area contributed by atoms with E-state index in [9.17, 15) is 9.90 Å². The second-order valence-corrected chi connectivity index (χ2v) is 4.03. The van der Waals surface area contributed by atoms with E-state index in [1.54, 1.807) is 6.92 Å². The van der Waals surface area contributed by atoms with Gasteiger partial charge in [0.25, 0.3) is 0 Å². The number of hydrogen-bond acceptors (Lipinski definition) is 1. The van der Waals surface area contributed by atoms with Gasteiger partial charge >= 0.3 is 5.97 Å². The lowest BCUT2D eigenvalue weighted by Gasteiger charge is -2.29. The van der Waals surface area contributed by atoms with Gasteiger partial charge in [0, 0.05) is 0 Å². The van der Waals surface area contributed by atoms with Crippen LogP contribution in [0.1, 0.15) is 26.3 Å². The summed E-state index contributed by atoms with van der Waals surface area (Å²) < 4.78 is 0. The molecule has 0 aliphatic heterocycles. The maximum atomic E-state index is 11.3. The lowest BCUT2D eigenvalue weighted by atomic mass is 9.73. The first kappa shape index (κ1) is 10.8. The number of benzene rings is 1. The maximum absolute atomic E-state index is 11.3. The largest absolute Gasteiger partial charge is 0.481 e. The van der Waals surface area contributed by atoms with Crippen molar-refractivity contribution in [2.45, 2.75) is 26.2 Å². The quantitative estimate of drug-likeness (QED) is 0.799. The molecule has 1 aromatic carbocycles. The third kappa shape index (κ3) is 1.65. The maximum Gasteiger partial charge on any atom is 0.314 e. The summed E-state index contributed by atoms with van der Waals surface area (Å²) in [7, 11) is 0. The minimum Gasteiger partial charge on any atom is -0.481 e. The van der Waals surface area contributed by atoms with Crippen LogP contribution in [0.2, 0.25) is 0 Å². The van der Waals surface area contributed by atoms with Crippen LogP contribution in [0.15, 0.2) is 30.3 Å². The van der Waals surface area contributed by atoms with E-state index >= 15 is 0 Å². The molecule has 2 heteroatoms. The lowest BCUT2D eigenvalue weighted by Crippen LogP contribution is -2.37. The summed E-state index contributed by atoms with van der Waals surface area (Å²) in [4.78, 5) is 11.3. The minimum absolute atomic E-state index is 0.0717. The zero-order valence-electron chi connectivity index (χ0n) is 8.82. The summed E-state index contributed by atoms with van der Waals surface area (Å²) in [5.74, 6) is -0.693. The Balaban J connectivity index is 3.20. The topological polar surface area (TPSA) is 37.3 Å². The summed E-state index contributed by atoms with van der Waals surface area (Å²) in [6.45, 7) is 5.64. The Kier molecular flexibility index (Phi) is 2.94. The van der Waals surface area contributed by atoms with E-state index in [2.05, 4.69) is 0 Å². The monoisotopic (exact) mass is 192 g/mol. The Hall–Kier alpha value is -1.31. The van der Waals surface area contributed by atoms with E-state index in [0.29, 0.717) is 0 Å². The standard InChI is InChI=1S/C12H16O2/c1-9(2)12(3,11(13)14)10-7-5-4-6-8-10/h4-9H,1-3H3,(H,13,14). The molecule has 1 rings (SSSR count). The predicted octanol–water partition coefficient (Wildman–Crippen LogP) is 2.68. The molecule has 1 aromatic rings. The molecule has 0 bridgehead atoms. The fraction of sp³-hybridized carbons (Fsp3) is 0.417. The molecule has 76 valence electrons. The summed E-state index contributed by atoms with van der Waals surface area (Å²) in [6, 6.07) is 9.38. The highest BCUT2D eigenvalue weighted by atomic mass is 16.4. The average Bonchev–Trinajstić information content (AvgIpc) is 2.17. The highest BCUT2D eigenvalue weighted by molar-refractivity contribution is 5.81. The second-order valence-electron chi connectivity index (χ2n) is 4.03. The van der Waals surface area contributed by atoms with Gasteiger partial charge in [0.1, 0.15) is 0 Å². The molecule has 2 nitrogen and oxygen atoms in total. The first-order chi connectivity index (χ1) is 6.49. The van der Waals surface area contributed by atoms with Crippen LogP contribution in [0.3, 0.4) is 0 Å². The predicted molar refractivity (Wildman–Crippen MR) is 56.3 cm³/mol. The Morgan fingerprint density at radius 2 is 1.79 bits per heavy atom. The van der Waals surface area contributed by atoms with Gasteiger partial charge in [-0.05, 0) is 18.4 Å². The molecule has 1 atom stereocenters. The van der Waals surface area contributed by atoms with Crippen LogP contribution in [-0.4, -0.2) is 11.1 Å². The summed E-state index contributed by atoms with van der Waals surface area (Å²) >= 11 is 0. The van der Waals surface area contributed by atoms with Crippen LogP contribution >= 0.6 is 0 Å². The van der Waals surface area contributed by atoms with Crippen molar-refractivity contribution in [3.8, 4) is 0 Å². The number of rotatable bonds is 3. The van der Waals surface area contributed by atoms with Gasteiger partial charge in [0.15, 0.2) is 0 Å². The Labute approximate surface area is 84.6 Å². The summed E-state index contributed by atoms with van der Waals surface area (Å²) in [5, 5.41) is 9.26. The molecule has 0 spiro atoms. The number of aliphatic carboxylic acids is 1. The lowest BCUT2D eigenvalue weighted by molar-refractivity contribution is -0.145. The fourth-order valence-electron chi connectivity index (χ4n) is 1.49. The average molecular weight is 192 g/mol. The first-order valence-electron chi connectivity index (χ1n) is 4.78. The van der Waals surface area contributed by atoms with Crippen molar-refractivity contribution < 1.29 is 9.90 Å². The van der Waals surface area contributed by atoms with Crippen LogP contribution in [0.4, 0.5) is 0 Å². The van der Waals surface area contributed by atoms with Gasteiger partial charge in [-0.2, -0.15) is 0 Å². The highest BCUT2D eigenvalue weighted by Crippen LogP contribution is 2.31. The SMILES string of the molecule is CC(C)C(C)(C(=O)O)c1ccccc1. The zero-order chi connectivity index (χ0) is 10.8. The van der Waals surface area contributed by atoms with Crippen LogP contribution in [0.25, 0.3) is 0 Å². The molecular weight excluding hydrogens is 176 g/mol. The molecule has 1 unspecified atom stereocenters. The van der Waals surface area contributed by atoms with Gasteiger partial charge in [0.2, 0.25) is 0 Å². The molecule has 0 saturated carbocycles. The Morgan fingerprint density at radius 3 is 2.14 bits per heavy atom. The van der Waals surface area contributed by atoms with Crippen molar-refractivity contribution in [1.82, 2.24) is 0 Å². The molecule has 14 heavy (non-hydrogen) atoms. The summed E-state index contributed by atoms with van der Waals surface area (Å²) in [5.41, 5.74) is 0.0730. The van der Waals surface area contributed by atoms with Crippen molar-refractivity contribution in [2.24, 2.45) is 5.92 Å². The molecule has 0 saturated heterocycles. The van der Waals surface area contributed by atoms with Crippen molar-refractivity contribution in [3.63, 3.8) is 0 Å². The highest BCUT2D eigenvalue weighted by Gasteiger charge is 2.38. The van der Waals surface area contributed by atoms with E-state index < -0.39 is 11.4 Å². The molecule has 0 aliphatic rings. The van der Waals surface area contributed by atoms with E-state index in [-0.39, 0.29) is 5.92 Å². The third-order valence-corrected chi connectivity index (χ3v) is 2.97. The normalized spacial score (nSPS) is 15.1. The van der Waals surface area contributed by atoms with Crippen molar-refractivity contribution in [1.29, 1.82) is 0 Å². The van der Waals surface area contributed by atoms with Crippen molar-refractivity contribution in [2.75, 3.05) is 0 Å². The third-order valence-electron chi connectivity index (χ3n) is 2.97. The van der Waals surface area contributed by atoms with Crippen LogP contribution in [-0.2, 0) is 10.2 Å². The van der Waals surface area contributed by atoms with Crippen LogP contribution in [0, 0.1) is 5.92 Å². The minimum atomic E-state index is -0.790. The molecule has 0 aromatic heterocycles. The van der Waals surface area contributed by atoms with Gasteiger partial charge in [-0.25, -0.2) is 0 Å². The van der Waals surface area contributed by atoms with E-state index in [1.807, 2.05) is 44.2 Å². The van der Waals surface area contributed by atoms with E-state index in [1.165, 1.54) is 0 Å². The molecule has 1 N–H and O–H groups in total. The van der Waals surface area contributed by atoms with Crippen molar-refractivity contribution >= 4 is 5.97 Å². The number of carbonyl (C=O) groups is 1. The van der Waals surface area contributed by atoms with Gasteiger partial charge in [0.05, 0.1) is 5.41 Å². The van der Waals surface area contributed by atoms with Crippen molar-refractivity contribution in [3.05, 3.63) is 35.9 Å². The first-order valence-corrected chi connectivity index (χ1v) is 4.78. The second kappa shape index (κ2) is 3.82. The van der Waals surface area contributed by atoms with E-state index in [4.69, 9.17) is 0 Å². The number of carboxylic acids is 1. The smallest absolute Gasteiger partial charge is 0.314 e. The van der Waals surface area contributed by atoms with Gasteiger partial charge in [-0.3, -0.25) is 4.79 Å². The molecule has 0 amide bonds. The number of hydrogen-bond donors (Lipinski definition) is 1. The van der Waals surface area contributed by atoms with Gasteiger partial charge < -0.3 is 5.11 Å². The fourth-order valence-corrected chi connectivity index (χ4v) is 1.49.